The van der Waals surface area contributed by atoms with Gasteiger partial charge in [0.25, 0.3) is 0 Å². The van der Waals surface area contributed by atoms with E-state index < -0.39 is 42.4 Å². The molecule has 164 valence electrons. The van der Waals surface area contributed by atoms with Crippen molar-refractivity contribution in [3.05, 3.63) is 92.1 Å². The number of aromatic amines is 1. The maximum Gasteiger partial charge on any atom is 0.336 e. The number of nitrogens with zero attached hydrogens (tertiary/aromatic N) is 2. The Labute approximate surface area is 176 Å². The van der Waals surface area contributed by atoms with Crippen LogP contribution in [-0.2, 0) is 13.1 Å². The van der Waals surface area contributed by atoms with E-state index in [9.17, 15) is 24.6 Å². The number of benzene rings is 2. The molecule has 0 radical (unpaired) electrons. The van der Waals surface area contributed by atoms with Crippen molar-refractivity contribution in [1.82, 2.24) is 14.1 Å². The molecule has 1 aromatic heterocycles. The number of H-pyrrole nitrogens is 1. The van der Waals surface area contributed by atoms with E-state index in [1.807, 2.05) is 17.1 Å². The molecular formula is C21H23N3O7. The number of hydrogen-bond donors (Lipinski definition) is 3. The van der Waals surface area contributed by atoms with Gasteiger partial charge in [-0.2, -0.15) is 0 Å². The first-order valence-electron chi connectivity index (χ1n) is 9.60. The molecule has 3 rings (SSSR count). The summed E-state index contributed by atoms with van der Waals surface area (Å²) < 4.78 is 12.2. The second-order valence-electron chi connectivity index (χ2n) is 6.79. The van der Waals surface area contributed by atoms with E-state index in [2.05, 4.69) is 0 Å². The SMILES string of the molecule is O=c1[nH]c(=O)n(CC(O)COc2ccccc2)c(=O)n1CC(O)COc1ccccc1. The lowest BCUT2D eigenvalue weighted by Crippen LogP contribution is -2.52. The van der Waals surface area contributed by atoms with Gasteiger partial charge in [-0.1, -0.05) is 36.4 Å². The number of aliphatic hydroxyl groups is 2. The van der Waals surface area contributed by atoms with Gasteiger partial charge in [0, 0.05) is 0 Å². The van der Waals surface area contributed by atoms with Crippen LogP contribution in [0.4, 0.5) is 0 Å². The summed E-state index contributed by atoms with van der Waals surface area (Å²) in [4.78, 5) is 38.8. The minimum absolute atomic E-state index is 0.164. The third-order valence-electron chi connectivity index (χ3n) is 4.32. The van der Waals surface area contributed by atoms with Crippen LogP contribution in [0.5, 0.6) is 11.5 Å². The first-order valence-corrected chi connectivity index (χ1v) is 9.60. The molecule has 2 unspecified atom stereocenters. The van der Waals surface area contributed by atoms with Gasteiger partial charge in [0.1, 0.15) is 36.9 Å². The van der Waals surface area contributed by atoms with Crippen LogP contribution in [0.15, 0.2) is 75.0 Å². The summed E-state index contributed by atoms with van der Waals surface area (Å²) in [6.07, 6.45) is -2.37. The number of rotatable bonds is 10. The third-order valence-corrected chi connectivity index (χ3v) is 4.32. The second kappa shape index (κ2) is 10.4. The molecule has 0 spiro atoms. The van der Waals surface area contributed by atoms with Gasteiger partial charge in [0.2, 0.25) is 0 Å². The molecule has 0 saturated heterocycles. The maximum atomic E-state index is 12.6. The summed E-state index contributed by atoms with van der Waals surface area (Å²) >= 11 is 0. The van der Waals surface area contributed by atoms with E-state index in [0.717, 1.165) is 0 Å². The molecule has 10 heteroatoms. The lowest BCUT2D eigenvalue weighted by molar-refractivity contribution is 0.0827. The Bertz CT molecular complexity index is 1050. The molecule has 0 fully saturated rings. The van der Waals surface area contributed by atoms with E-state index in [1.54, 1.807) is 48.5 Å². The van der Waals surface area contributed by atoms with Crippen LogP contribution in [0.3, 0.4) is 0 Å². The minimum atomic E-state index is -1.18. The average molecular weight is 429 g/mol. The summed E-state index contributed by atoms with van der Waals surface area (Å²) in [5.74, 6) is 1.05. The summed E-state index contributed by atoms with van der Waals surface area (Å²) in [5, 5.41) is 20.3. The van der Waals surface area contributed by atoms with Gasteiger partial charge in [-0.25, -0.2) is 23.5 Å². The van der Waals surface area contributed by atoms with Crippen LogP contribution >= 0.6 is 0 Å². The zero-order valence-electron chi connectivity index (χ0n) is 16.6. The predicted octanol–water partition coefficient (Wildman–Crippen LogP) is -0.422. The molecule has 0 aliphatic carbocycles. The molecule has 2 aromatic carbocycles. The van der Waals surface area contributed by atoms with Crippen LogP contribution in [0.1, 0.15) is 0 Å². The minimum Gasteiger partial charge on any atom is -0.491 e. The first-order chi connectivity index (χ1) is 14.9. The van der Waals surface area contributed by atoms with Gasteiger partial charge < -0.3 is 19.7 Å². The smallest absolute Gasteiger partial charge is 0.336 e. The van der Waals surface area contributed by atoms with Gasteiger partial charge >= 0.3 is 17.1 Å². The van der Waals surface area contributed by atoms with Crippen molar-refractivity contribution in [2.24, 2.45) is 0 Å². The predicted molar refractivity (Wildman–Crippen MR) is 111 cm³/mol. The number of ether oxygens (including phenoxy) is 2. The molecule has 0 bridgehead atoms. The molecule has 0 amide bonds. The van der Waals surface area contributed by atoms with Crippen LogP contribution in [-0.4, -0.2) is 49.8 Å². The molecule has 2 atom stereocenters. The van der Waals surface area contributed by atoms with Crippen molar-refractivity contribution < 1.29 is 19.7 Å². The number of nitrogens with one attached hydrogen (secondary N) is 1. The molecule has 31 heavy (non-hydrogen) atoms. The highest BCUT2D eigenvalue weighted by atomic mass is 16.5. The number of aromatic nitrogens is 3. The lowest BCUT2D eigenvalue weighted by Gasteiger charge is -2.16. The van der Waals surface area contributed by atoms with Crippen LogP contribution in [0.25, 0.3) is 0 Å². The highest BCUT2D eigenvalue weighted by Gasteiger charge is 2.17. The Kier molecular flexibility index (Phi) is 7.41. The number of hydrogen-bond acceptors (Lipinski definition) is 7. The van der Waals surface area contributed by atoms with Crippen molar-refractivity contribution in [3.63, 3.8) is 0 Å². The monoisotopic (exact) mass is 429 g/mol. The van der Waals surface area contributed by atoms with Crippen LogP contribution in [0.2, 0.25) is 0 Å². The number of aliphatic hydroxyl groups excluding tert-OH is 2. The lowest BCUT2D eigenvalue weighted by atomic mass is 10.3. The van der Waals surface area contributed by atoms with Crippen LogP contribution in [0, 0.1) is 0 Å². The van der Waals surface area contributed by atoms with Crippen LogP contribution < -0.4 is 26.5 Å². The number of para-hydroxylation sites is 2. The zero-order chi connectivity index (χ0) is 22.2. The zero-order valence-corrected chi connectivity index (χ0v) is 16.6. The summed E-state index contributed by atoms with van der Waals surface area (Å²) in [6, 6.07) is 17.5. The molecule has 0 saturated carbocycles. The van der Waals surface area contributed by atoms with E-state index in [0.29, 0.717) is 20.6 Å². The van der Waals surface area contributed by atoms with E-state index >= 15 is 0 Å². The van der Waals surface area contributed by atoms with Gasteiger partial charge in [0.05, 0.1) is 13.1 Å². The fourth-order valence-electron chi connectivity index (χ4n) is 2.81. The standard InChI is InChI=1S/C21H23N3O7/c25-15(13-30-17-7-3-1-4-8-17)11-23-19(27)22-20(28)24(21(23)29)12-16(26)14-31-18-9-5-2-6-10-18/h1-10,15-16,25-26H,11-14H2,(H,22,27,28). The molecular weight excluding hydrogens is 406 g/mol. The fourth-order valence-corrected chi connectivity index (χ4v) is 2.81. The summed E-state index contributed by atoms with van der Waals surface area (Å²) in [5.41, 5.74) is -2.87. The molecule has 3 N–H and O–H groups in total. The third kappa shape index (κ3) is 6.17. The van der Waals surface area contributed by atoms with Gasteiger partial charge in [-0.3, -0.25) is 4.98 Å². The van der Waals surface area contributed by atoms with E-state index in [4.69, 9.17) is 9.47 Å². The first kappa shape index (κ1) is 22.1. The highest BCUT2D eigenvalue weighted by Crippen LogP contribution is 2.09. The molecule has 3 aromatic rings. The fraction of sp³-hybridized carbons (Fsp3) is 0.286. The van der Waals surface area contributed by atoms with E-state index in [-0.39, 0.29) is 13.2 Å². The largest absolute Gasteiger partial charge is 0.491 e. The second-order valence-corrected chi connectivity index (χ2v) is 6.79. The molecule has 0 aliphatic rings. The van der Waals surface area contributed by atoms with Crippen molar-refractivity contribution >= 4 is 0 Å². The Morgan fingerprint density at radius 1 is 0.710 bits per heavy atom. The molecule has 1 heterocycles. The highest BCUT2D eigenvalue weighted by molar-refractivity contribution is 5.21. The quantitative estimate of drug-likeness (QED) is 0.398. The Morgan fingerprint density at radius 2 is 1.10 bits per heavy atom. The average Bonchev–Trinajstić information content (AvgIpc) is 2.78. The summed E-state index contributed by atoms with van der Waals surface area (Å²) in [7, 11) is 0. The summed E-state index contributed by atoms with van der Waals surface area (Å²) in [6.45, 7) is -1.11. The Hall–Kier alpha value is -3.63. The van der Waals surface area contributed by atoms with Crippen molar-refractivity contribution in [2.75, 3.05) is 13.2 Å². The topological polar surface area (TPSA) is 136 Å². The normalized spacial score (nSPS) is 12.8. The van der Waals surface area contributed by atoms with Crippen molar-refractivity contribution in [3.8, 4) is 11.5 Å². The Balaban J connectivity index is 1.66. The van der Waals surface area contributed by atoms with Gasteiger partial charge in [-0.05, 0) is 24.3 Å². The van der Waals surface area contributed by atoms with Crippen molar-refractivity contribution in [2.45, 2.75) is 25.3 Å². The van der Waals surface area contributed by atoms with Crippen molar-refractivity contribution in [1.29, 1.82) is 0 Å². The molecule has 0 aliphatic heterocycles. The van der Waals surface area contributed by atoms with Gasteiger partial charge in [-0.15, -0.1) is 0 Å². The molecule has 10 nitrogen and oxygen atoms in total. The maximum absolute atomic E-state index is 12.6. The van der Waals surface area contributed by atoms with Gasteiger partial charge in [0.15, 0.2) is 0 Å². The Morgan fingerprint density at radius 3 is 1.48 bits per heavy atom. The van der Waals surface area contributed by atoms with E-state index in [1.165, 1.54) is 0 Å².